The lowest BCUT2D eigenvalue weighted by Crippen LogP contribution is -2.39. The first-order chi connectivity index (χ1) is 12.5. The molecule has 1 atom stereocenters. The smallest absolute Gasteiger partial charge is 0.262 e. The Labute approximate surface area is 155 Å². The Bertz CT molecular complexity index is 816. The Kier molecular flexibility index (Phi) is 5.46. The number of thiophene rings is 1. The van der Waals surface area contributed by atoms with E-state index in [0.29, 0.717) is 6.42 Å². The maximum absolute atomic E-state index is 13.3. The molecule has 0 spiro atoms. The fourth-order valence-corrected chi connectivity index (χ4v) is 3.45. The average Bonchev–Trinajstić information content (AvgIpc) is 3.29. The molecule has 0 unspecified atom stereocenters. The summed E-state index contributed by atoms with van der Waals surface area (Å²) in [5, 5.41) is 10.5. The van der Waals surface area contributed by atoms with Gasteiger partial charge in [0.25, 0.3) is 5.91 Å². The highest BCUT2D eigenvalue weighted by atomic mass is 32.1. The van der Waals surface area contributed by atoms with Crippen LogP contribution in [-0.2, 0) is 9.59 Å². The van der Waals surface area contributed by atoms with Crippen molar-refractivity contribution in [1.82, 2.24) is 10.3 Å². The van der Waals surface area contributed by atoms with Crippen LogP contribution in [0, 0.1) is 11.7 Å². The zero-order valence-corrected chi connectivity index (χ0v) is 15.4. The maximum Gasteiger partial charge on any atom is 0.262 e. The van der Waals surface area contributed by atoms with E-state index in [4.69, 9.17) is 0 Å². The van der Waals surface area contributed by atoms with Gasteiger partial charge in [-0.3, -0.25) is 9.59 Å². The molecule has 5 nitrogen and oxygen atoms in total. The van der Waals surface area contributed by atoms with Gasteiger partial charge in [-0.25, -0.2) is 9.40 Å². The van der Waals surface area contributed by atoms with Crippen molar-refractivity contribution in [2.45, 2.75) is 26.3 Å². The number of benzene rings is 1. The molecule has 0 aliphatic carbocycles. The van der Waals surface area contributed by atoms with E-state index in [0.717, 1.165) is 16.2 Å². The van der Waals surface area contributed by atoms with Crippen LogP contribution in [0.4, 0.5) is 4.39 Å². The summed E-state index contributed by atoms with van der Waals surface area (Å²) >= 11 is 1.56. The van der Waals surface area contributed by atoms with Crippen LogP contribution in [0.2, 0.25) is 0 Å². The predicted molar refractivity (Wildman–Crippen MR) is 99.3 cm³/mol. The van der Waals surface area contributed by atoms with Crippen LogP contribution in [0.5, 0.6) is 0 Å². The highest BCUT2D eigenvalue weighted by Crippen LogP contribution is 2.33. The third kappa shape index (κ3) is 3.99. The van der Waals surface area contributed by atoms with Gasteiger partial charge in [-0.15, -0.1) is 11.3 Å². The summed E-state index contributed by atoms with van der Waals surface area (Å²) in [6.45, 7) is 3.42. The minimum Gasteiger partial charge on any atom is -0.347 e. The average molecular weight is 373 g/mol. The van der Waals surface area contributed by atoms with Gasteiger partial charge in [0.1, 0.15) is 5.82 Å². The second-order valence-corrected chi connectivity index (χ2v) is 7.35. The summed E-state index contributed by atoms with van der Waals surface area (Å²) in [5.41, 5.74) is 1.63. The summed E-state index contributed by atoms with van der Waals surface area (Å²) in [6.07, 6.45) is 0.552. The molecule has 1 aliphatic heterocycles. The van der Waals surface area contributed by atoms with E-state index in [1.165, 1.54) is 17.1 Å². The summed E-state index contributed by atoms with van der Waals surface area (Å²) < 4.78 is 13.3. The van der Waals surface area contributed by atoms with Crippen LogP contribution in [0.3, 0.4) is 0 Å². The summed E-state index contributed by atoms with van der Waals surface area (Å²) in [5.74, 6) is -0.995. The number of nitrogens with zero attached hydrogens (tertiary/aromatic N) is 2. The second kappa shape index (κ2) is 7.78. The molecule has 2 amide bonds. The summed E-state index contributed by atoms with van der Waals surface area (Å²) in [6, 6.07) is 9.67. The number of rotatable bonds is 5. The molecule has 0 bridgehead atoms. The topological polar surface area (TPSA) is 61.8 Å². The molecule has 0 saturated carbocycles. The Balaban J connectivity index is 1.82. The Morgan fingerprint density at radius 2 is 2.04 bits per heavy atom. The number of hydrazone groups is 1. The van der Waals surface area contributed by atoms with Gasteiger partial charge in [0.15, 0.2) is 0 Å². The van der Waals surface area contributed by atoms with Crippen molar-refractivity contribution in [3.63, 3.8) is 0 Å². The molecule has 136 valence electrons. The second-order valence-electron chi connectivity index (χ2n) is 6.41. The van der Waals surface area contributed by atoms with Crippen molar-refractivity contribution in [2.24, 2.45) is 11.0 Å². The number of hydrogen-bond donors (Lipinski definition) is 1. The van der Waals surface area contributed by atoms with Gasteiger partial charge in [0.2, 0.25) is 5.91 Å². The quantitative estimate of drug-likeness (QED) is 0.874. The number of halogens is 1. The number of amides is 2. The molecule has 0 fully saturated rings. The van der Waals surface area contributed by atoms with E-state index in [2.05, 4.69) is 10.4 Å². The van der Waals surface area contributed by atoms with E-state index in [1.807, 2.05) is 17.5 Å². The molecule has 1 aliphatic rings. The van der Waals surface area contributed by atoms with Gasteiger partial charge < -0.3 is 5.32 Å². The summed E-state index contributed by atoms with van der Waals surface area (Å²) in [7, 11) is 0. The van der Waals surface area contributed by atoms with E-state index >= 15 is 0 Å². The molecule has 26 heavy (non-hydrogen) atoms. The van der Waals surface area contributed by atoms with Gasteiger partial charge >= 0.3 is 0 Å². The minimum absolute atomic E-state index is 0.115. The van der Waals surface area contributed by atoms with Crippen LogP contribution >= 0.6 is 11.3 Å². The standard InChI is InChI=1S/C19H20FN3O2S/c1-12(2)19(25)21-11-18(24)23-16(13-5-7-14(20)8-6-13)10-15(22-23)17-4-3-9-26-17/h3-9,12,16H,10-11H2,1-2H3,(H,21,25)/t16-/m1/s1. The first kappa shape index (κ1) is 18.3. The molecule has 0 saturated heterocycles. The largest absolute Gasteiger partial charge is 0.347 e. The molecule has 2 aromatic rings. The first-order valence-corrected chi connectivity index (χ1v) is 9.30. The SMILES string of the molecule is CC(C)C(=O)NCC(=O)N1N=C(c2cccs2)C[C@@H]1c1ccc(F)cc1. The van der Waals surface area contributed by atoms with Crippen LogP contribution in [-0.4, -0.2) is 29.1 Å². The van der Waals surface area contributed by atoms with Crippen molar-refractivity contribution in [2.75, 3.05) is 6.54 Å². The van der Waals surface area contributed by atoms with Crippen LogP contribution in [0.25, 0.3) is 0 Å². The number of nitrogens with one attached hydrogen (secondary N) is 1. The molecule has 1 aromatic carbocycles. The van der Waals surface area contributed by atoms with Crippen molar-refractivity contribution in [3.05, 3.63) is 58.0 Å². The Hall–Kier alpha value is -2.54. The van der Waals surface area contributed by atoms with Gasteiger partial charge in [-0.1, -0.05) is 32.0 Å². The van der Waals surface area contributed by atoms with Crippen LogP contribution < -0.4 is 5.32 Å². The molecule has 0 radical (unpaired) electrons. The lowest BCUT2D eigenvalue weighted by Gasteiger charge is -2.22. The van der Waals surface area contributed by atoms with Gasteiger partial charge in [-0.05, 0) is 29.1 Å². The zero-order chi connectivity index (χ0) is 18.7. The normalized spacial score (nSPS) is 16.7. The molecule has 7 heteroatoms. The monoisotopic (exact) mass is 373 g/mol. The first-order valence-electron chi connectivity index (χ1n) is 8.42. The third-order valence-electron chi connectivity index (χ3n) is 4.16. The number of hydrogen-bond acceptors (Lipinski definition) is 4. The van der Waals surface area contributed by atoms with E-state index in [1.54, 1.807) is 37.3 Å². The fourth-order valence-electron chi connectivity index (χ4n) is 2.72. The fraction of sp³-hybridized carbons (Fsp3) is 0.316. The van der Waals surface area contributed by atoms with Gasteiger partial charge in [0, 0.05) is 12.3 Å². The van der Waals surface area contributed by atoms with E-state index < -0.39 is 0 Å². The van der Waals surface area contributed by atoms with E-state index in [9.17, 15) is 14.0 Å². The zero-order valence-electron chi connectivity index (χ0n) is 14.6. The van der Waals surface area contributed by atoms with Crippen molar-refractivity contribution in [3.8, 4) is 0 Å². The van der Waals surface area contributed by atoms with Crippen LogP contribution in [0.15, 0.2) is 46.9 Å². The highest BCUT2D eigenvalue weighted by Gasteiger charge is 2.33. The molecule has 3 rings (SSSR count). The van der Waals surface area contributed by atoms with Crippen molar-refractivity contribution in [1.29, 1.82) is 0 Å². The molecule has 2 heterocycles. The highest BCUT2D eigenvalue weighted by molar-refractivity contribution is 7.12. The van der Waals surface area contributed by atoms with Gasteiger partial charge in [-0.2, -0.15) is 5.10 Å². The van der Waals surface area contributed by atoms with E-state index in [-0.39, 0.29) is 36.1 Å². The molecule has 1 aromatic heterocycles. The third-order valence-corrected chi connectivity index (χ3v) is 5.08. The Morgan fingerprint density at radius 3 is 2.65 bits per heavy atom. The summed E-state index contributed by atoms with van der Waals surface area (Å²) in [4.78, 5) is 25.4. The lowest BCUT2D eigenvalue weighted by atomic mass is 10.0. The van der Waals surface area contributed by atoms with Crippen molar-refractivity contribution < 1.29 is 14.0 Å². The van der Waals surface area contributed by atoms with Crippen LogP contribution in [0.1, 0.15) is 36.8 Å². The lowest BCUT2D eigenvalue weighted by molar-refractivity contribution is -0.135. The van der Waals surface area contributed by atoms with Gasteiger partial charge in [0.05, 0.1) is 23.2 Å². The number of carbonyl (C=O) groups is 2. The minimum atomic E-state index is -0.326. The Morgan fingerprint density at radius 1 is 1.31 bits per heavy atom. The predicted octanol–water partition coefficient (Wildman–Crippen LogP) is 3.34. The van der Waals surface area contributed by atoms with Crippen molar-refractivity contribution >= 4 is 28.9 Å². The maximum atomic E-state index is 13.3. The number of carbonyl (C=O) groups excluding carboxylic acids is 2. The molecule has 1 N–H and O–H groups in total. The molecular formula is C19H20FN3O2S. The molecular weight excluding hydrogens is 353 g/mol.